The van der Waals surface area contributed by atoms with Crippen molar-refractivity contribution in [2.24, 2.45) is 0 Å². The van der Waals surface area contributed by atoms with Crippen molar-refractivity contribution in [1.82, 2.24) is 10.6 Å². The Morgan fingerprint density at radius 1 is 1.04 bits per heavy atom. The molecule has 0 bridgehead atoms. The van der Waals surface area contributed by atoms with Crippen LogP contribution in [0.2, 0.25) is 5.02 Å². The summed E-state index contributed by atoms with van der Waals surface area (Å²) in [5, 5.41) is 8.70. The summed E-state index contributed by atoms with van der Waals surface area (Å²) in [5.74, 6) is -0.640. The molecule has 27 heavy (non-hydrogen) atoms. The van der Waals surface area contributed by atoms with Crippen LogP contribution in [0.5, 0.6) is 0 Å². The van der Waals surface area contributed by atoms with Crippen LogP contribution >= 0.6 is 11.6 Å². The average molecular weight is 386 g/mol. The van der Waals surface area contributed by atoms with E-state index in [2.05, 4.69) is 16.0 Å². The zero-order valence-corrected chi connectivity index (χ0v) is 15.6. The maximum absolute atomic E-state index is 12.4. The minimum absolute atomic E-state index is 0.110. The van der Waals surface area contributed by atoms with Crippen molar-refractivity contribution >= 4 is 35.0 Å². The van der Waals surface area contributed by atoms with Crippen LogP contribution < -0.4 is 16.0 Å². The Kier molecular flexibility index (Phi) is 5.76. The fraction of sp³-hybridized carbons (Fsp3) is 0.250. The van der Waals surface area contributed by atoms with E-state index in [1.807, 2.05) is 0 Å². The number of hydrogen-bond donors (Lipinski definition) is 3. The van der Waals surface area contributed by atoms with Gasteiger partial charge in [-0.15, -0.1) is 0 Å². The van der Waals surface area contributed by atoms with Crippen molar-refractivity contribution < 1.29 is 14.4 Å². The van der Waals surface area contributed by atoms with E-state index in [0.717, 1.165) is 18.4 Å². The van der Waals surface area contributed by atoms with E-state index in [4.69, 9.17) is 11.6 Å². The molecule has 0 unspecified atom stereocenters. The molecule has 3 amide bonds. The van der Waals surface area contributed by atoms with E-state index in [1.54, 1.807) is 42.5 Å². The summed E-state index contributed by atoms with van der Waals surface area (Å²) < 4.78 is 0. The standard InChI is InChI=1S/C20H20ClN3O3/c1-12(25)22-11-13-2-4-14(5-3-13)19(26)24-16-8-9-18(21)17(10-16)20(27)23-15-6-7-15/h2-5,8-10,15H,6-7,11H2,1H3,(H,22,25)(H,23,27)(H,24,26). The van der Waals surface area contributed by atoms with Crippen molar-refractivity contribution in [3.8, 4) is 0 Å². The minimum atomic E-state index is -0.294. The predicted octanol–water partition coefficient (Wildman–Crippen LogP) is 3.12. The lowest BCUT2D eigenvalue weighted by atomic mass is 10.1. The van der Waals surface area contributed by atoms with E-state index in [9.17, 15) is 14.4 Å². The van der Waals surface area contributed by atoms with Crippen molar-refractivity contribution in [2.45, 2.75) is 32.4 Å². The van der Waals surface area contributed by atoms with Crippen LogP contribution in [0.4, 0.5) is 5.69 Å². The van der Waals surface area contributed by atoms with Gasteiger partial charge in [0.05, 0.1) is 10.6 Å². The molecule has 0 atom stereocenters. The summed E-state index contributed by atoms with van der Waals surface area (Å²) >= 11 is 6.11. The summed E-state index contributed by atoms with van der Waals surface area (Å²) in [6.45, 7) is 1.86. The van der Waals surface area contributed by atoms with Gasteiger partial charge in [0.1, 0.15) is 0 Å². The molecule has 2 aromatic carbocycles. The summed E-state index contributed by atoms with van der Waals surface area (Å²) in [4.78, 5) is 35.6. The van der Waals surface area contributed by atoms with Crippen LogP contribution in [0.15, 0.2) is 42.5 Å². The quantitative estimate of drug-likeness (QED) is 0.714. The summed E-state index contributed by atoms with van der Waals surface area (Å²) in [5.41, 5.74) is 2.20. The largest absolute Gasteiger partial charge is 0.352 e. The van der Waals surface area contributed by atoms with Crippen LogP contribution in [-0.2, 0) is 11.3 Å². The third kappa shape index (κ3) is 5.31. The predicted molar refractivity (Wildman–Crippen MR) is 104 cm³/mol. The van der Waals surface area contributed by atoms with Gasteiger partial charge in [-0.1, -0.05) is 23.7 Å². The Bertz CT molecular complexity index is 877. The topological polar surface area (TPSA) is 87.3 Å². The molecule has 3 N–H and O–H groups in total. The van der Waals surface area contributed by atoms with Crippen LogP contribution in [0, 0.1) is 0 Å². The van der Waals surface area contributed by atoms with Gasteiger partial charge in [-0.25, -0.2) is 0 Å². The number of rotatable bonds is 6. The van der Waals surface area contributed by atoms with Crippen LogP contribution in [0.3, 0.4) is 0 Å². The zero-order chi connectivity index (χ0) is 19.4. The van der Waals surface area contributed by atoms with Gasteiger partial charge in [0.25, 0.3) is 11.8 Å². The molecule has 140 valence electrons. The van der Waals surface area contributed by atoms with Crippen molar-refractivity contribution in [3.05, 3.63) is 64.2 Å². The Morgan fingerprint density at radius 3 is 2.37 bits per heavy atom. The van der Waals surface area contributed by atoms with Crippen LogP contribution in [-0.4, -0.2) is 23.8 Å². The monoisotopic (exact) mass is 385 g/mol. The van der Waals surface area contributed by atoms with Crippen LogP contribution in [0.1, 0.15) is 46.0 Å². The van der Waals surface area contributed by atoms with E-state index in [1.165, 1.54) is 6.92 Å². The summed E-state index contributed by atoms with van der Waals surface area (Å²) in [6, 6.07) is 12.0. The number of halogens is 1. The maximum atomic E-state index is 12.4. The van der Waals surface area contributed by atoms with Crippen LogP contribution in [0.25, 0.3) is 0 Å². The Balaban J connectivity index is 1.66. The summed E-state index contributed by atoms with van der Waals surface area (Å²) in [7, 11) is 0. The lowest BCUT2D eigenvalue weighted by Crippen LogP contribution is -2.25. The molecule has 1 fully saturated rings. The molecule has 0 radical (unpaired) electrons. The first-order valence-corrected chi connectivity index (χ1v) is 9.05. The molecular weight excluding hydrogens is 366 g/mol. The van der Waals surface area contributed by atoms with Crippen molar-refractivity contribution in [2.75, 3.05) is 5.32 Å². The lowest BCUT2D eigenvalue weighted by Gasteiger charge is -2.10. The van der Waals surface area contributed by atoms with Crippen molar-refractivity contribution in [3.63, 3.8) is 0 Å². The number of nitrogens with one attached hydrogen (secondary N) is 3. The van der Waals surface area contributed by atoms with Gasteiger partial charge in [0.15, 0.2) is 0 Å². The highest BCUT2D eigenvalue weighted by Crippen LogP contribution is 2.24. The third-order valence-corrected chi connectivity index (χ3v) is 4.47. The Hall–Kier alpha value is -2.86. The number of carbonyl (C=O) groups excluding carboxylic acids is 3. The van der Waals surface area contributed by atoms with Gasteiger partial charge in [-0.3, -0.25) is 14.4 Å². The van der Waals surface area contributed by atoms with Gasteiger partial charge in [0.2, 0.25) is 5.91 Å². The fourth-order valence-electron chi connectivity index (χ4n) is 2.47. The van der Waals surface area contributed by atoms with E-state index in [-0.39, 0.29) is 23.8 Å². The number of hydrogen-bond acceptors (Lipinski definition) is 3. The van der Waals surface area contributed by atoms with Gasteiger partial charge in [0, 0.05) is 30.8 Å². The third-order valence-electron chi connectivity index (χ3n) is 4.14. The molecule has 7 heteroatoms. The van der Waals surface area contributed by atoms with Gasteiger partial charge in [-0.2, -0.15) is 0 Å². The molecule has 2 aromatic rings. The molecule has 1 aliphatic carbocycles. The number of benzene rings is 2. The normalized spacial score (nSPS) is 13.0. The summed E-state index contributed by atoms with van der Waals surface area (Å²) in [6.07, 6.45) is 1.97. The highest BCUT2D eigenvalue weighted by Gasteiger charge is 2.25. The van der Waals surface area contributed by atoms with Gasteiger partial charge >= 0.3 is 0 Å². The van der Waals surface area contributed by atoms with E-state index >= 15 is 0 Å². The molecule has 0 spiro atoms. The molecule has 1 saturated carbocycles. The van der Waals surface area contributed by atoms with Gasteiger partial charge < -0.3 is 16.0 Å². The highest BCUT2D eigenvalue weighted by atomic mass is 35.5. The van der Waals surface area contributed by atoms with E-state index in [0.29, 0.717) is 28.4 Å². The van der Waals surface area contributed by atoms with Gasteiger partial charge in [-0.05, 0) is 48.7 Å². The Labute approximate surface area is 162 Å². The smallest absolute Gasteiger partial charge is 0.255 e. The maximum Gasteiger partial charge on any atom is 0.255 e. The lowest BCUT2D eigenvalue weighted by molar-refractivity contribution is -0.119. The number of anilines is 1. The molecule has 3 rings (SSSR count). The molecule has 0 aliphatic heterocycles. The van der Waals surface area contributed by atoms with Crippen molar-refractivity contribution in [1.29, 1.82) is 0 Å². The Morgan fingerprint density at radius 2 is 1.74 bits per heavy atom. The molecular formula is C20H20ClN3O3. The molecule has 0 saturated heterocycles. The molecule has 1 aliphatic rings. The minimum Gasteiger partial charge on any atom is -0.352 e. The zero-order valence-electron chi connectivity index (χ0n) is 14.8. The SMILES string of the molecule is CC(=O)NCc1ccc(C(=O)Nc2ccc(Cl)c(C(=O)NC3CC3)c2)cc1. The number of amides is 3. The second kappa shape index (κ2) is 8.22. The second-order valence-corrected chi connectivity index (χ2v) is 6.91. The first-order valence-electron chi connectivity index (χ1n) is 8.67. The second-order valence-electron chi connectivity index (χ2n) is 6.50. The average Bonchev–Trinajstić information content (AvgIpc) is 3.45. The first kappa shape index (κ1) is 18.9. The molecule has 0 aromatic heterocycles. The van der Waals surface area contributed by atoms with E-state index < -0.39 is 0 Å². The first-order chi connectivity index (χ1) is 12.9. The molecule has 6 nitrogen and oxygen atoms in total. The highest BCUT2D eigenvalue weighted by molar-refractivity contribution is 6.34. The fourth-order valence-corrected chi connectivity index (χ4v) is 2.67. The molecule has 0 heterocycles. The number of carbonyl (C=O) groups is 3.